The first-order chi connectivity index (χ1) is 16.8. The fourth-order valence-corrected chi connectivity index (χ4v) is 4.59. The molecule has 0 aromatic heterocycles. The number of carbonyl (C=O) groups is 5. The van der Waals surface area contributed by atoms with Gasteiger partial charge >= 0.3 is 6.03 Å². The largest absolute Gasteiger partial charge is 0.323 e. The van der Waals surface area contributed by atoms with Crippen molar-refractivity contribution in [3.8, 4) is 0 Å². The third kappa shape index (κ3) is 3.90. The molecule has 3 aromatic carbocycles. The van der Waals surface area contributed by atoms with Crippen LogP contribution < -0.4 is 10.6 Å². The molecule has 1 unspecified atom stereocenters. The van der Waals surface area contributed by atoms with Crippen molar-refractivity contribution in [3.63, 3.8) is 0 Å². The van der Waals surface area contributed by atoms with Gasteiger partial charge in [-0.2, -0.15) is 0 Å². The molecule has 0 spiro atoms. The average Bonchev–Trinajstić information content (AvgIpc) is 3.10. The van der Waals surface area contributed by atoms with Crippen LogP contribution in [0.25, 0.3) is 10.8 Å². The number of hydrogen-bond acceptors (Lipinski definition) is 5. The average molecular weight is 470 g/mol. The Morgan fingerprint density at radius 2 is 1.74 bits per heavy atom. The maximum Gasteiger partial charge on any atom is 0.321 e. The number of nitrogens with one attached hydrogen (secondary N) is 2. The quantitative estimate of drug-likeness (QED) is 0.569. The lowest BCUT2D eigenvalue weighted by Gasteiger charge is -2.28. The summed E-state index contributed by atoms with van der Waals surface area (Å²) in [5.74, 6) is -2.27. The van der Waals surface area contributed by atoms with E-state index < -0.39 is 29.7 Å². The van der Waals surface area contributed by atoms with Crippen LogP contribution in [0.4, 0.5) is 10.5 Å². The zero-order valence-electron chi connectivity index (χ0n) is 18.9. The molecule has 9 nitrogen and oxygen atoms in total. The number of hydrogen-bond donors (Lipinski definition) is 2. The van der Waals surface area contributed by atoms with Gasteiger partial charge in [0.2, 0.25) is 11.8 Å². The lowest BCUT2D eigenvalue weighted by Crippen LogP contribution is -2.54. The summed E-state index contributed by atoms with van der Waals surface area (Å²) in [5.41, 5.74) is 1.51. The Hall–Kier alpha value is -4.53. The normalized spacial score (nSPS) is 17.4. The summed E-state index contributed by atoms with van der Waals surface area (Å²) < 4.78 is 0. The fraction of sp³-hybridized carbons (Fsp3) is 0.192. The van der Waals surface area contributed by atoms with Crippen LogP contribution in [0.2, 0.25) is 0 Å². The fourth-order valence-electron chi connectivity index (χ4n) is 4.59. The number of rotatable bonds is 4. The van der Waals surface area contributed by atoms with Gasteiger partial charge in [0.25, 0.3) is 11.8 Å². The number of fused-ring (bicyclic) bond motifs is 2. The first-order valence-corrected chi connectivity index (χ1v) is 11.2. The third-order valence-electron chi connectivity index (χ3n) is 6.34. The topological polar surface area (TPSA) is 116 Å². The van der Waals surface area contributed by atoms with Gasteiger partial charge in [0.1, 0.15) is 6.04 Å². The van der Waals surface area contributed by atoms with E-state index >= 15 is 0 Å². The van der Waals surface area contributed by atoms with Gasteiger partial charge in [-0.15, -0.1) is 0 Å². The second kappa shape index (κ2) is 8.68. The molecular formula is C26H22N4O5. The van der Waals surface area contributed by atoms with Crippen LogP contribution in [-0.4, -0.2) is 52.5 Å². The van der Waals surface area contributed by atoms with Gasteiger partial charge in [0.05, 0.1) is 16.8 Å². The highest BCUT2D eigenvalue weighted by Gasteiger charge is 2.45. The molecule has 1 saturated heterocycles. The van der Waals surface area contributed by atoms with E-state index in [-0.39, 0.29) is 36.5 Å². The molecule has 2 aliphatic rings. The number of amides is 6. The van der Waals surface area contributed by atoms with Crippen molar-refractivity contribution >= 4 is 46.1 Å². The first-order valence-electron chi connectivity index (χ1n) is 11.2. The van der Waals surface area contributed by atoms with Crippen molar-refractivity contribution in [2.24, 2.45) is 0 Å². The molecular weight excluding hydrogens is 448 g/mol. The molecule has 2 heterocycles. The second-order valence-corrected chi connectivity index (χ2v) is 8.60. The summed E-state index contributed by atoms with van der Waals surface area (Å²) in [6, 6.07) is 16.8. The SMILES string of the molecule is CN(Cc1cccc2c1C(=O)N(C1CCC(=O)NC1=O)C2=O)C(=O)Nc1cccc2ccccc12. The molecule has 2 aliphatic heterocycles. The molecule has 9 heteroatoms. The van der Waals surface area contributed by atoms with E-state index in [9.17, 15) is 24.0 Å². The van der Waals surface area contributed by atoms with Crippen LogP contribution in [0.1, 0.15) is 39.1 Å². The molecule has 0 saturated carbocycles. The summed E-state index contributed by atoms with van der Waals surface area (Å²) in [5, 5.41) is 6.98. The van der Waals surface area contributed by atoms with Gasteiger partial charge in [-0.3, -0.25) is 29.4 Å². The first kappa shape index (κ1) is 22.3. The van der Waals surface area contributed by atoms with Crippen molar-refractivity contribution in [3.05, 3.63) is 77.4 Å². The Balaban J connectivity index is 1.37. The number of carbonyl (C=O) groups excluding carboxylic acids is 5. The van der Waals surface area contributed by atoms with E-state index in [2.05, 4.69) is 10.6 Å². The van der Waals surface area contributed by atoms with E-state index in [1.54, 1.807) is 19.2 Å². The number of nitrogens with zero attached hydrogens (tertiary/aromatic N) is 2. The van der Waals surface area contributed by atoms with Crippen molar-refractivity contribution in [2.75, 3.05) is 12.4 Å². The number of anilines is 1. The van der Waals surface area contributed by atoms with Crippen LogP contribution in [0.5, 0.6) is 0 Å². The minimum absolute atomic E-state index is 0.0494. The van der Waals surface area contributed by atoms with Gasteiger partial charge in [-0.25, -0.2) is 4.79 Å². The van der Waals surface area contributed by atoms with E-state index in [0.717, 1.165) is 15.7 Å². The lowest BCUT2D eigenvalue weighted by molar-refractivity contribution is -0.136. The minimum Gasteiger partial charge on any atom is -0.323 e. The predicted octanol–water partition coefficient (Wildman–Crippen LogP) is 2.90. The maximum absolute atomic E-state index is 13.3. The molecule has 35 heavy (non-hydrogen) atoms. The standard InChI is InChI=1S/C26H22N4O5/c1-29(26(35)27-19-11-5-7-15-6-2-3-9-17(15)19)14-16-8-4-10-18-22(16)25(34)30(24(18)33)20-12-13-21(31)28-23(20)32/h2-11,20H,12-14H2,1H3,(H,27,35)(H,28,31,32). The Kier molecular flexibility index (Phi) is 5.52. The minimum atomic E-state index is -1.04. The highest BCUT2D eigenvalue weighted by molar-refractivity contribution is 6.24. The molecule has 1 fully saturated rings. The summed E-state index contributed by atoms with van der Waals surface area (Å²) in [7, 11) is 1.60. The number of urea groups is 1. The molecule has 6 amide bonds. The highest BCUT2D eigenvalue weighted by atomic mass is 16.2. The Morgan fingerprint density at radius 3 is 2.54 bits per heavy atom. The molecule has 3 aromatic rings. The highest BCUT2D eigenvalue weighted by Crippen LogP contribution is 2.30. The van der Waals surface area contributed by atoms with Crippen molar-refractivity contribution in [1.29, 1.82) is 0 Å². The molecule has 176 valence electrons. The van der Waals surface area contributed by atoms with E-state index in [1.807, 2.05) is 42.5 Å². The van der Waals surface area contributed by atoms with Crippen LogP contribution >= 0.6 is 0 Å². The summed E-state index contributed by atoms with van der Waals surface area (Å²) in [6.07, 6.45) is 0.132. The van der Waals surface area contributed by atoms with Gasteiger partial charge in [-0.1, -0.05) is 48.5 Å². The molecule has 5 rings (SSSR count). The smallest absolute Gasteiger partial charge is 0.321 e. The lowest BCUT2D eigenvalue weighted by atomic mass is 10.0. The van der Waals surface area contributed by atoms with Gasteiger partial charge in [0, 0.05) is 25.4 Å². The van der Waals surface area contributed by atoms with E-state index in [0.29, 0.717) is 11.3 Å². The zero-order valence-corrected chi connectivity index (χ0v) is 18.9. The van der Waals surface area contributed by atoms with E-state index in [1.165, 1.54) is 11.0 Å². The van der Waals surface area contributed by atoms with Gasteiger partial charge in [-0.05, 0) is 29.5 Å². The van der Waals surface area contributed by atoms with Crippen molar-refractivity contribution < 1.29 is 24.0 Å². The molecule has 0 bridgehead atoms. The summed E-state index contributed by atoms with van der Waals surface area (Å²) in [6.45, 7) is 0.0714. The van der Waals surface area contributed by atoms with Crippen LogP contribution in [0.3, 0.4) is 0 Å². The molecule has 0 radical (unpaired) electrons. The maximum atomic E-state index is 13.3. The van der Waals surface area contributed by atoms with Gasteiger partial charge in [0.15, 0.2) is 0 Å². The Bertz CT molecular complexity index is 1410. The predicted molar refractivity (Wildman–Crippen MR) is 128 cm³/mol. The van der Waals surface area contributed by atoms with Crippen LogP contribution in [0.15, 0.2) is 60.7 Å². The number of benzene rings is 3. The van der Waals surface area contributed by atoms with Crippen LogP contribution in [-0.2, 0) is 16.1 Å². The Morgan fingerprint density at radius 1 is 1.00 bits per heavy atom. The Labute approximate surface area is 200 Å². The zero-order chi connectivity index (χ0) is 24.7. The second-order valence-electron chi connectivity index (χ2n) is 8.60. The third-order valence-corrected chi connectivity index (χ3v) is 6.34. The molecule has 2 N–H and O–H groups in total. The van der Waals surface area contributed by atoms with E-state index in [4.69, 9.17) is 0 Å². The summed E-state index contributed by atoms with van der Waals surface area (Å²) in [4.78, 5) is 65.4. The molecule has 0 aliphatic carbocycles. The summed E-state index contributed by atoms with van der Waals surface area (Å²) >= 11 is 0. The van der Waals surface area contributed by atoms with Crippen LogP contribution in [0, 0.1) is 0 Å². The monoisotopic (exact) mass is 470 g/mol. The molecule has 1 atom stereocenters. The van der Waals surface area contributed by atoms with Gasteiger partial charge < -0.3 is 10.2 Å². The van der Waals surface area contributed by atoms with Crippen molar-refractivity contribution in [2.45, 2.75) is 25.4 Å². The number of piperidine rings is 1. The van der Waals surface area contributed by atoms with Crippen molar-refractivity contribution in [1.82, 2.24) is 15.1 Å². The number of imide groups is 2.